The fraction of sp³-hybridized carbons (Fsp3) is 0.545. The van der Waals surface area contributed by atoms with Crippen molar-refractivity contribution in [1.82, 2.24) is 4.90 Å². The highest BCUT2D eigenvalue weighted by Crippen LogP contribution is 2.24. The topological polar surface area (TPSA) is 46.3 Å². The lowest BCUT2D eigenvalue weighted by molar-refractivity contribution is -0.130. The number of carbonyl (C=O) groups excluding carboxylic acids is 1. The molecule has 0 bridgehead atoms. The van der Waals surface area contributed by atoms with Crippen LogP contribution in [-0.2, 0) is 4.79 Å². The van der Waals surface area contributed by atoms with E-state index < -0.39 is 0 Å². The van der Waals surface area contributed by atoms with E-state index in [1.807, 2.05) is 4.90 Å². The quantitative estimate of drug-likeness (QED) is 0.550. The van der Waals surface area contributed by atoms with Gasteiger partial charge < -0.3 is 10.6 Å². The van der Waals surface area contributed by atoms with Crippen LogP contribution in [-0.4, -0.2) is 23.9 Å². The first-order valence-electron chi connectivity index (χ1n) is 5.29. The molecule has 1 heterocycles. The van der Waals surface area contributed by atoms with Crippen LogP contribution in [0.15, 0.2) is 22.3 Å². The molecule has 1 amide bonds. The Morgan fingerprint density at radius 1 is 1.53 bits per heavy atom. The summed E-state index contributed by atoms with van der Waals surface area (Å²) in [5.41, 5.74) is 7.84. The summed E-state index contributed by atoms with van der Waals surface area (Å²) in [6.07, 6.45) is 5.71. The predicted molar refractivity (Wildman–Crippen MR) is 63.3 cm³/mol. The molecule has 0 unspecified atom stereocenters. The fourth-order valence-electron chi connectivity index (χ4n) is 1.79. The largest absolute Gasteiger partial charge is 0.401 e. The first-order valence-corrected chi connectivity index (χ1v) is 5.73. The Morgan fingerprint density at radius 3 is 2.80 bits per heavy atom. The second kappa shape index (κ2) is 4.31. The number of nitrogens with zero attached hydrogens (tertiary/aromatic N) is 1. The molecule has 0 saturated heterocycles. The van der Waals surface area contributed by atoms with Crippen molar-refractivity contribution in [3.8, 4) is 0 Å². The van der Waals surface area contributed by atoms with E-state index in [4.69, 9.17) is 5.73 Å². The van der Waals surface area contributed by atoms with Crippen molar-refractivity contribution >= 4 is 18.5 Å². The van der Waals surface area contributed by atoms with Gasteiger partial charge in [-0.05, 0) is 12.8 Å². The average molecular weight is 224 g/mol. The Labute approximate surface area is 95.4 Å². The van der Waals surface area contributed by atoms with Gasteiger partial charge in [0.1, 0.15) is 0 Å². The van der Waals surface area contributed by atoms with Crippen LogP contribution in [0.1, 0.15) is 25.7 Å². The molecule has 2 N–H and O–H groups in total. The summed E-state index contributed by atoms with van der Waals surface area (Å²) >= 11 is 4.28. The third kappa shape index (κ3) is 2.37. The van der Waals surface area contributed by atoms with Gasteiger partial charge in [-0.15, -0.1) is 12.6 Å². The molecular formula is C11H16N2OS. The van der Waals surface area contributed by atoms with Crippen molar-refractivity contribution in [2.45, 2.75) is 25.7 Å². The number of thiol groups is 1. The first kappa shape index (κ1) is 10.6. The first-order chi connectivity index (χ1) is 7.16. The summed E-state index contributed by atoms with van der Waals surface area (Å²) in [5, 5.41) is 0. The van der Waals surface area contributed by atoms with Crippen molar-refractivity contribution < 1.29 is 4.79 Å². The lowest BCUT2D eigenvalue weighted by Crippen LogP contribution is -2.37. The maximum absolute atomic E-state index is 11.8. The van der Waals surface area contributed by atoms with Crippen LogP contribution in [0.5, 0.6) is 0 Å². The molecule has 2 rings (SSSR count). The third-order valence-corrected chi connectivity index (χ3v) is 3.42. The summed E-state index contributed by atoms with van der Waals surface area (Å²) in [5.74, 6) is 0.208. The normalized spacial score (nSPS) is 21.1. The molecule has 0 radical (unpaired) electrons. The van der Waals surface area contributed by atoms with Crippen LogP contribution in [0.25, 0.3) is 0 Å². The van der Waals surface area contributed by atoms with Crippen molar-refractivity contribution in [1.29, 1.82) is 0 Å². The summed E-state index contributed by atoms with van der Waals surface area (Å²) < 4.78 is 0. The number of hydrogen-bond acceptors (Lipinski definition) is 3. The second-order valence-electron chi connectivity index (χ2n) is 4.12. The summed E-state index contributed by atoms with van der Waals surface area (Å²) in [4.78, 5) is 14.5. The summed E-state index contributed by atoms with van der Waals surface area (Å²) in [6.45, 7) is 1.32. The van der Waals surface area contributed by atoms with Gasteiger partial charge in [-0.1, -0.05) is 11.6 Å². The van der Waals surface area contributed by atoms with Gasteiger partial charge >= 0.3 is 0 Å². The Kier molecular flexibility index (Phi) is 3.05. The molecule has 4 heteroatoms. The predicted octanol–water partition coefficient (Wildman–Crippen LogP) is 1.43. The molecule has 0 spiro atoms. The minimum absolute atomic E-state index is 0.208. The molecule has 15 heavy (non-hydrogen) atoms. The van der Waals surface area contributed by atoms with E-state index in [2.05, 4.69) is 18.7 Å². The zero-order valence-electron chi connectivity index (χ0n) is 8.70. The number of nitrogens with two attached hydrogens (primary N) is 1. The van der Waals surface area contributed by atoms with Gasteiger partial charge in [-0.2, -0.15) is 0 Å². The lowest BCUT2D eigenvalue weighted by Gasteiger charge is -2.29. The zero-order chi connectivity index (χ0) is 10.8. The van der Waals surface area contributed by atoms with Crippen LogP contribution in [0, 0.1) is 0 Å². The van der Waals surface area contributed by atoms with Crippen molar-refractivity contribution in [2.24, 2.45) is 5.73 Å². The fourth-order valence-corrected chi connectivity index (χ4v) is 2.07. The monoisotopic (exact) mass is 224 g/mol. The van der Waals surface area contributed by atoms with E-state index in [-0.39, 0.29) is 5.91 Å². The summed E-state index contributed by atoms with van der Waals surface area (Å²) in [6, 6.07) is 0. The van der Waals surface area contributed by atoms with Gasteiger partial charge in [0.05, 0.1) is 6.54 Å². The van der Waals surface area contributed by atoms with Gasteiger partial charge in [0.2, 0.25) is 5.91 Å². The Bertz CT molecular complexity index is 346. The van der Waals surface area contributed by atoms with E-state index in [1.54, 1.807) is 0 Å². The van der Waals surface area contributed by atoms with Gasteiger partial charge in [0.25, 0.3) is 0 Å². The van der Waals surface area contributed by atoms with Crippen LogP contribution in [0.4, 0.5) is 0 Å². The second-order valence-corrected chi connectivity index (χ2v) is 4.65. The number of amides is 1. The molecule has 1 aliphatic carbocycles. The number of rotatable bonds is 2. The molecule has 0 aromatic carbocycles. The molecule has 0 saturated carbocycles. The molecule has 0 aromatic rings. The van der Waals surface area contributed by atoms with E-state index in [9.17, 15) is 4.79 Å². The van der Waals surface area contributed by atoms with E-state index in [0.29, 0.717) is 13.0 Å². The molecule has 0 atom stereocenters. The number of hydrogen-bond donors (Lipinski definition) is 2. The molecule has 2 aliphatic rings. The molecule has 1 aliphatic heterocycles. The van der Waals surface area contributed by atoms with E-state index >= 15 is 0 Å². The highest BCUT2D eigenvalue weighted by atomic mass is 32.1. The average Bonchev–Trinajstić information content (AvgIpc) is 2.15. The minimum Gasteiger partial charge on any atom is -0.401 e. The standard InChI is InChI=1S/C11H16N2OS/c12-9-4-5-13(7-10(9)15)11(14)6-8-2-1-3-8/h2,15H,1,3-7,12H2. The van der Waals surface area contributed by atoms with Crippen LogP contribution in [0.2, 0.25) is 0 Å². The number of allylic oxidation sites excluding steroid dienone is 1. The van der Waals surface area contributed by atoms with Gasteiger partial charge in [0.15, 0.2) is 0 Å². The van der Waals surface area contributed by atoms with Gasteiger partial charge in [0, 0.05) is 30.0 Å². The van der Waals surface area contributed by atoms with Crippen LogP contribution in [0.3, 0.4) is 0 Å². The molecule has 0 fully saturated rings. The van der Waals surface area contributed by atoms with Crippen LogP contribution < -0.4 is 5.73 Å². The maximum atomic E-state index is 11.8. The molecule has 82 valence electrons. The van der Waals surface area contributed by atoms with Gasteiger partial charge in [-0.3, -0.25) is 4.79 Å². The Balaban J connectivity index is 1.92. The highest BCUT2D eigenvalue weighted by Gasteiger charge is 2.21. The molecular weight excluding hydrogens is 208 g/mol. The van der Waals surface area contributed by atoms with Gasteiger partial charge in [-0.25, -0.2) is 0 Å². The smallest absolute Gasteiger partial charge is 0.226 e. The van der Waals surface area contributed by atoms with Crippen molar-refractivity contribution in [3.05, 3.63) is 22.3 Å². The van der Waals surface area contributed by atoms with Crippen molar-refractivity contribution in [2.75, 3.05) is 13.1 Å². The lowest BCUT2D eigenvalue weighted by atomic mass is 9.95. The maximum Gasteiger partial charge on any atom is 0.226 e. The van der Waals surface area contributed by atoms with Crippen molar-refractivity contribution in [3.63, 3.8) is 0 Å². The van der Waals surface area contributed by atoms with E-state index in [1.165, 1.54) is 5.57 Å². The van der Waals surface area contributed by atoms with Crippen LogP contribution >= 0.6 is 12.6 Å². The SMILES string of the molecule is NC1=C(S)CN(C(=O)CC2=CCC2)CC1. The van der Waals surface area contributed by atoms with E-state index in [0.717, 1.165) is 36.4 Å². The Hall–Kier alpha value is -0.900. The highest BCUT2D eigenvalue weighted by molar-refractivity contribution is 7.84. The molecule has 3 nitrogen and oxygen atoms in total. The third-order valence-electron chi connectivity index (χ3n) is 2.99. The molecule has 0 aromatic heterocycles. The number of carbonyl (C=O) groups is 1. The minimum atomic E-state index is 0.208. The zero-order valence-corrected chi connectivity index (χ0v) is 9.59. The Morgan fingerprint density at radius 2 is 2.27 bits per heavy atom. The summed E-state index contributed by atoms with van der Waals surface area (Å²) in [7, 11) is 0.